The Morgan fingerprint density at radius 1 is 1.07 bits per heavy atom. The number of nitrogens with zero attached hydrogens (tertiary/aromatic N) is 3. The lowest BCUT2D eigenvalue weighted by Crippen LogP contribution is -2.43. The number of hydrogen-bond acceptors (Lipinski definition) is 6. The number of benzene rings is 1. The van der Waals surface area contributed by atoms with Crippen LogP contribution in [-0.2, 0) is 0 Å². The van der Waals surface area contributed by atoms with E-state index in [0.29, 0.717) is 42.5 Å². The van der Waals surface area contributed by atoms with E-state index in [4.69, 9.17) is 9.47 Å². The van der Waals surface area contributed by atoms with E-state index in [1.807, 2.05) is 12.1 Å². The van der Waals surface area contributed by atoms with Crippen molar-refractivity contribution < 1.29 is 19.1 Å². The summed E-state index contributed by atoms with van der Waals surface area (Å²) in [5, 5.41) is 0. The molecule has 1 fully saturated rings. The smallest absolute Gasteiger partial charge is 0.261 e. The Labute approximate surface area is 175 Å². The summed E-state index contributed by atoms with van der Waals surface area (Å²) in [6, 6.07) is 11.1. The largest absolute Gasteiger partial charge is 0.484 e. The summed E-state index contributed by atoms with van der Waals surface area (Å²) in [6.45, 7) is 5.46. The molecule has 156 valence electrons. The first-order chi connectivity index (χ1) is 14.6. The van der Waals surface area contributed by atoms with Crippen molar-refractivity contribution in [3.05, 3.63) is 53.2 Å². The van der Waals surface area contributed by atoms with Gasteiger partial charge in [-0.25, -0.2) is 4.98 Å². The topological polar surface area (TPSA) is 72.0 Å². The summed E-state index contributed by atoms with van der Waals surface area (Å²) in [5.41, 5.74) is 1.98. The molecule has 1 aromatic heterocycles. The first kappa shape index (κ1) is 19.1. The summed E-state index contributed by atoms with van der Waals surface area (Å²) >= 11 is 0. The van der Waals surface area contributed by atoms with Crippen molar-refractivity contribution >= 4 is 11.8 Å². The van der Waals surface area contributed by atoms with Crippen molar-refractivity contribution in [2.24, 2.45) is 5.92 Å². The fourth-order valence-corrected chi connectivity index (χ4v) is 4.63. The number of fused-ring (bicyclic) bond motifs is 2. The number of imide groups is 1. The van der Waals surface area contributed by atoms with Gasteiger partial charge in [-0.3, -0.25) is 19.4 Å². The molecule has 0 bridgehead atoms. The molecule has 0 aliphatic carbocycles. The maximum Gasteiger partial charge on any atom is 0.261 e. The van der Waals surface area contributed by atoms with Gasteiger partial charge < -0.3 is 9.47 Å². The molecule has 30 heavy (non-hydrogen) atoms. The van der Waals surface area contributed by atoms with Gasteiger partial charge in [0.15, 0.2) is 5.75 Å². The average molecular weight is 407 g/mol. The molecule has 1 saturated heterocycles. The summed E-state index contributed by atoms with van der Waals surface area (Å²) in [7, 11) is 0. The normalized spacial score (nSPS) is 22.2. The molecule has 0 N–H and O–H groups in total. The van der Waals surface area contributed by atoms with Crippen molar-refractivity contribution in [3.63, 3.8) is 0 Å². The average Bonchev–Trinajstić information content (AvgIpc) is 3.03. The molecule has 3 aliphatic rings. The Bertz CT molecular complexity index is 957. The third kappa shape index (κ3) is 3.33. The van der Waals surface area contributed by atoms with E-state index >= 15 is 0 Å². The molecule has 1 aromatic carbocycles. The molecule has 2 unspecified atom stereocenters. The van der Waals surface area contributed by atoms with E-state index in [9.17, 15) is 9.59 Å². The maximum absolute atomic E-state index is 12.7. The number of aromatic nitrogens is 1. The van der Waals surface area contributed by atoms with Crippen molar-refractivity contribution in [2.75, 3.05) is 32.8 Å². The van der Waals surface area contributed by atoms with Gasteiger partial charge in [0.2, 0.25) is 0 Å². The van der Waals surface area contributed by atoms with Gasteiger partial charge in [-0.1, -0.05) is 12.1 Å². The zero-order valence-corrected chi connectivity index (χ0v) is 17.0. The second-order valence-electron chi connectivity index (χ2n) is 8.18. The number of piperidine rings is 1. The van der Waals surface area contributed by atoms with Crippen LogP contribution in [0.3, 0.4) is 0 Å². The number of amides is 2. The molecule has 4 heterocycles. The molecule has 2 atom stereocenters. The Hall–Kier alpha value is -2.93. The zero-order chi connectivity index (χ0) is 20.7. The molecule has 0 spiro atoms. The number of likely N-dealkylation sites (tertiary alicyclic amines) is 1. The van der Waals surface area contributed by atoms with E-state index in [2.05, 4.69) is 16.8 Å². The molecule has 7 heteroatoms. The minimum atomic E-state index is -0.172. The van der Waals surface area contributed by atoms with Crippen LogP contribution in [0.4, 0.5) is 0 Å². The molecular formula is C23H25N3O4. The minimum absolute atomic E-state index is 0.116. The molecule has 2 aromatic rings. The van der Waals surface area contributed by atoms with Gasteiger partial charge in [0.25, 0.3) is 17.7 Å². The molecule has 5 rings (SSSR count). The van der Waals surface area contributed by atoms with E-state index in [1.165, 1.54) is 4.90 Å². The van der Waals surface area contributed by atoms with E-state index in [1.54, 1.807) is 24.3 Å². The van der Waals surface area contributed by atoms with Gasteiger partial charge >= 0.3 is 0 Å². The predicted octanol–water partition coefficient (Wildman–Crippen LogP) is 2.92. The first-order valence-electron chi connectivity index (χ1n) is 10.6. The third-order valence-corrected chi connectivity index (χ3v) is 6.27. The number of hydrogen-bond donors (Lipinski definition) is 0. The van der Waals surface area contributed by atoms with Crippen LogP contribution in [0, 0.1) is 5.92 Å². The van der Waals surface area contributed by atoms with Gasteiger partial charge in [-0.05, 0) is 56.5 Å². The van der Waals surface area contributed by atoms with E-state index in [0.717, 1.165) is 31.6 Å². The minimum Gasteiger partial charge on any atom is -0.484 e. The Morgan fingerprint density at radius 2 is 1.80 bits per heavy atom. The predicted molar refractivity (Wildman–Crippen MR) is 110 cm³/mol. The number of carbonyl (C=O) groups is 2. The number of pyridine rings is 1. The first-order valence-corrected chi connectivity index (χ1v) is 10.6. The lowest BCUT2D eigenvalue weighted by Gasteiger charge is -2.37. The Kier molecular flexibility index (Phi) is 4.90. The van der Waals surface area contributed by atoms with Crippen molar-refractivity contribution in [1.82, 2.24) is 14.8 Å². The lowest BCUT2D eigenvalue weighted by atomic mass is 9.95. The highest BCUT2D eigenvalue weighted by Crippen LogP contribution is 2.33. The van der Waals surface area contributed by atoms with E-state index in [-0.39, 0.29) is 23.8 Å². The van der Waals surface area contributed by atoms with Crippen LogP contribution in [0.15, 0.2) is 36.4 Å². The lowest BCUT2D eigenvalue weighted by molar-refractivity contribution is 0.0565. The molecule has 0 radical (unpaired) electrons. The second kappa shape index (κ2) is 7.72. The fourth-order valence-electron chi connectivity index (χ4n) is 4.63. The Balaban J connectivity index is 1.27. The summed E-state index contributed by atoms with van der Waals surface area (Å²) in [5.74, 6) is 1.16. The number of rotatable bonds is 4. The van der Waals surface area contributed by atoms with Gasteiger partial charge in [-0.2, -0.15) is 0 Å². The van der Waals surface area contributed by atoms with Crippen LogP contribution in [0.5, 0.6) is 11.6 Å². The zero-order valence-electron chi connectivity index (χ0n) is 17.0. The van der Waals surface area contributed by atoms with Gasteiger partial charge in [-0.15, -0.1) is 0 Å². The number of ether oxygens (including phenoxy) is 2. The molecule has 0 saturated carbocycles. The van der Waals surface area contributed by atoms with E-state index < -0.39 is 0 Å². The monoisotopic (exact) mass is 407 g/mol. The SMILES string of the molecule is CC(c1ccc2c(n1)OCCO2)N1CCCC(CN2C(=O)c3ccccc3C2=O)C1. The van der Waals surface area contributed by atoms with Crippen LogP contribution < -0.4 is 9.47 Å². The molecule has 2 amide bonds. The highest BCUT2D eigenvalue weighted by molar-refractivity contribution is 6.21. The second-order valence-corrected chi connectivity index (χ2v) is 8.18. The third-order valence-electron chi connectivity index (χ3n) is 6.27. The van der Waals surface area contributed by atoms with Crippen molar-refractivity contribution in [1.29, 1.82) is 0 Å². The number of carbonyl (C=O) groups excluding carboxylic acids is 2. The van der Waals surface area contributed by atoms with Crippen LogP contribution in [0.1, 0.15) is 52.2 Å². The Morgan fingerprint density at radius 3 is 2.57 bits per heavy atom. The molecule has 7 nitrogen and oxygen atoms in total. The molecular weight excluding hydrogens is 382 g/mol. The molecule has 3 aliphatic heterocycles. The maximum atomic E-state index is 12.7. The van der Waals surface area contributed by atoms with Crippen LogP contribution in [-0.4, -0.2) is 59.4 Å². The van der Waals surface area contributed by atoms with Crippen LogP contribution in [0.25, 0.3) is 0 Å². The van der Waals surface area contributed by atoms with Crippen LogP contribution >= 0.6 is 0 Å². The van der Waals surface area contributed by atoms with Gasteiger partial charge in [0.1, 0.15) is 13.2 Å². The summed E-state index contributed by atoms with van der Waals surface area (Å²) in [6.07, 6.45) is 2.04. The summed E-state index contributed by atoms with van der Waals surface area (Å²) < 4.78 is 11.2. The highest BCUT2D eigenvalue weighted by atomic mass is 16.6. The van der Waals surface area contributed by atoms with Gasteiger partial charge in [0, 0.05) is 19.1 Å². The summed E-state index contributed by atoms with van der Waals surface area (Å²) in [4.78, 5) is 33.9. The highest BCUT2D eigenvalue weighted by Gasteiger charge is 2.37. The van der Waals surface area contributed by atoms with Gasteiger partial charge in [0.05, 0.1) is 16.8 Å². The van der Waals surface area contributed by atoms with Crippen LogP contribution in [0.2, 0.25) is 0 Å². The van der Waals surface area contributed by atoms with Crippen molar-refractivity contribution in [2.45, 2.75) is 25.8 Å². The fraction of sp³-hybridized carbons (Fsp3) is 0.435. The standard InChI is InChI=1S/C23H25N3O4/c1-15(19-8-9-20-21(24-19)30-12-11-29-20)25-10-4-5-16(13-25)14-26-22(27)17-6-2-3-7-18(17)23(26)28/h2-3,6-9,15-16H,4-5,10-14H2,1H3. The quantitative estimate of drug-likeness (QED) is 0.726. The van der Waals surface area contributed by atoms with Crippen molar-refractivity contribution in [3.8, 4) is 11.6 Å².